The van der Waals surface area contributed by atoms with Gasteiger partial charge in [0.1, 0.15) is 0 Å². The van der Waals surface area contributed by atoms with Gasteiger partial charge in [-0.15, -0.1) is 0 Å². The van der Waals surface area contributed by atoms with Crippen LogP contribution in [0.1, 0.15) is 6.92 Å². The molecule has 0 aliphatic rings. The highest BCUT2D eigenvalue weighted by Crippen LogP contribution is 1.71. The van der Waals surface area contributed by atoms with Crippen LogP contribution in [0.15, 0.2) is 0 Å². The maximum absolute atomic E-state index is 3.70. The number of nitrogens with one attached hydrogen (secondary N) is 1. The van der Waals surface area contributed by atoms with E-state index in [-0.39, 0.29) is 0 Å². The lowest BCUT2D eigenvalue weighted by Gasteiger charge is -2.07. The highest BCUT2D eigenvalue weighted by atomic mass is 15.1. The molecule has 1 radical (unpaired) electrons. The molecule has 49 valence electrons. The van der Waals surface area contributed by atoms with Crippen molar-refractivity contribution < 1.29 is 0 Å². The normalized spacial score (nSPS) is 10.5. The van der Waals surface area contributed by atoms with Gasteiger partial charge >= 0.3 is 0 Å². The smallest absolute Gasteiger partial charge is 0.0107 e. The van der Waals surface area contributed by atoms with E-state index in [1.807, 2.05) is 11.9 Å². The van der Waals surface area contributed by atoms with Gasteiger partial charge in [0.15, 0.2) is 0 Å². The summed E-state index contributed by atoms with van der Waals surface area (Å²) in [5.41, 5.74) is 0. The van der Waals surface area contributed by atoms with Gasteiger partial charge in [0.25, 0.3) is 0 Å². The standard InChI is InChI=1S/C6H15N2/c1-4-7-5-6-8(2)3/h7H,2,4-6H2,1,3H3. The molecule has 0 aliphatic heterocycles. The van der Waals surface area contributed by atoms with Crippen molar-refractivity contribution in [2.24, 2.45) is 0 Å². The molecule has 0 unspecified atom stereocenters. The molecule has 0 atom stereocenters. The minimum absolute atomic E-state index is 1.02. The molecule has 2 heteroatoms. The minimum atomic E-state index is 1.02. The third-order valence-corrected chi connectivity index (χ3v) is 0.920. The Labute approximate surface area is 51.9 Å². The fraction of sp³-hybridized carbons (Fsp3) is 0.833. The van der Waals surface area contributed by atoms with Gasteiger partial charge in [-0.3, -0.25) is 0 Å². The fourth-order valence-corrected chi connectivity index (χ4v) is 0.447. The molecule has 2 nitrogen and oxygen atoms in total. The summed E-state index contributed by atoms with van der Waals surface area (Å²) in [6.07, 6.45) is 0. The van der Waals surface area contributed by atoms with Crippen LogP contribution in [0, 0.1) is 7.05 Å². The van der Waals surface area contributed by atoms with Crippen molar-refractivity contribution in [2.45, 2.75) is 6.92 Å². The summed E-state index contributed by atoms with van der Waals surface area (Å²) in [5, 5.41) is 3.20. The van der Waals surface area contributed by atoms with Gasteiger partial charge < -0.3 is 10.2 Å². The summed E-state index contributed by atoms with van der Waals surface area (Å²) in [5.74, 6) is 0. The van der Waals surface area contributed by atoms with E-state index < -0.39 is 0 Å². The van der Waals surface area contributed by atoms with Gasteiger partial charge in [-0.25, -0.2) is 0 Å². The Morgan fingerprint density at radius 3 is 2.62 bits per heavy atom. The average Bonchev–Trinajstić information content (AvgIpc) is 1.66. The second-order valence-electron chi connectivity index (χ2n) is 1.93. The Morgan fingerprint density at radius 1 is 1.62 bits per heavy atom. The van der Waals surface area contributed by atoms with Crippen LogP contribution in [0.3, 0.4) is 0 Å². The van der Waals surface area contributed by atoms with Gasteiger partial charge in [0, 0.05) is 20.1 Å². The van der Waals surface area contributed by atoms with E-state index in [1.165, 1.54) is 0 Å². The summed E-state index contributed by atoms with van der Waals surface area (Å²) in [7, 11) is 5.67. The van der Waals surface area contributed by atoms with Gasteiger partial charge in [0.05, 0.1) is 0 Å². The zero-order valence-electron chi connectivity index (χ0n) is 5.78. The molecular weight excluding hydrogens is 100 g/mol. The highest BCUT2D eigenvalue weighted by Gasteiger charge is 1.85. The predicted octanol–water partition coefficient (Wildman–Crippen LogP) is 0.319. The number of likely N-dealkylation sites (N-methyl/N-ethyl adjacent to an activating group) is 2. The Balaban J connectivity index is 2.72. The SMILES string of the molecule is [CH2]N(C)CCNCC. The van der Waals surface area contributed by atoms with E-state index in [1.54, 1.807) is 0 Å². The van der Waals surface area contributed by atoms with Crippen LogP contribution >= 0.6 is 0 Å². The van der Waals surface area contributed by atoms with E-state index in [9.17, 15) is 0 Å². The molecule has 0 heterocycles. The topological polar surface area (TPSA) is 15.3 Å². The van der Waals surface area contributed by atoms with Gasteiger partial charge in [-0.1, -0.05) is 6.92 Å². The molecule has 0 saturated heterocycles. The van der Waals surface area contributed by atoms with Gasteiger partial charge in [0.2, 0.25) is 0 Å². The third kappa shape index (κ3) is 5.92. The van der Waals surface area contributed by atoms with Crippen molar-refractivity contribution in [3.8, 4) is 0 Å². The average molecular weight is 115 g/mol. The molecule has 1 N–H and O–H groups in total. The first-order valence-corrected chi connectivity index (χ1v) is 2.99. The zero-order chi connectivity index (χ0) is 6.41. The molecule has 0 spiro atoms. The fourth-order valence-electron chi connectivity index (χ4n) is 0.447. The Hall–Kier alpha value is -0.0800. The van der Waals surface area contributed by atoms with Crippen LogP contribution in [-0.4, -0.2) is 31.6 Å². The van der Waals surface area contributed by atoms with Crippen LogP contribution in [-0.2, 0) is 0 Å². The number of nitrogens with zero attached hydrogens (tertiary/aromatic N) is 1. The molecule has 0 rings (SSSR count). The predicted molar refractivity (Wildman–Crippen MR) is 36.5 cm³/mol. The Kier molecular flexibility index (Phi) is 5.01. The van der Waals surface area contributed by atoms with Crippen LogP contribution in [0.2, 0.25) is 0 Å². The highest BCUT2D eigenvalue weighted by molar-refractivity contribution is 4.49. The summed E-state index contributed by atoms with van der Waals surface area (Å²) in [6, 6.07) is 0. The van der Waals surface area contributed by atoms with Crippen molar-refractivity contribution >= 4 is 0 Å². The lowest BCUT2D eigenvalue weighted by Crippen LogP contribution is -2.24. The molecule has 0 saturated carbocycles. The van der Waals surface area contributed by atoms with E-state index in [4.69, 9.17) is 0 Å². The first-order chi connectivity index (χ1) is 3.77. The summed E-state index contributed by atoms with van der Waals surface area (Å²) in [4.78, 5) is 1.92. The molecule has 0 aliphatic carbocycles. The first-order valence-electron chi connectivity index (χ1n) is 2.99. The lowest BCUT2D eigenvalue weighted by molar-refractivity contribution is 0.440. The van der Waals surface area contributed by atoms with Crippen LogP contribution in [0.4, 0.5) is 0 Å². The second kappa shape index (κ2) is 5.06. The van der Waals surface area contributed by atoms with E-state index in [0.717, 1.165) is 19.6 Å². The van der Waals surface area contributed by atoms with Gasteiger partial charge in [-0.05, 0) is 13.6 Å². The Bertz CT molecular complexity index is 43.8. The van der Waals surface area contributed by atoms with Crippen LogP contribution in [0.25, 0.3) is 0 Å². The molecule has 0 amide bonds. The summed E-state index contributed by atoms with van der Waals surface area (Å²) < 4.78 is 0. The van der Waals surface area contributed by atoms with Crippen molar-refractivity contribution in [3.05, 3.63) is 7.05 Å². The lowest BCUT2D eigenvalue weighted by atomic mass is 10.5. The zero-order valence-corrected chi connectivity index (χ0v) is 5.78. The first kappa shape index (κ1) is 7.92. The largest absolute Gasteiger partial charge is 0.316 e. The number of hydrogen-bond acceptors (Lipinski definition) is 2. The van der Waals surface area contributed by atoms with E-state index in [0.29, 0.717) is 0 Å². The maximum atomic E-state index is 3.70. The molecule has 0 aromatic carbocycles. The van der Waals surface area contributed by atoms with Crippen molar-refractivity contribution in [2.75, 3.05) is 26.7 Å². The molecule has 0 aromatic heterocycles. The summed E-state index contributed by atoms with van der Waals surface area (Å²) in [6.45, 7) is 5.21. The molecule has 0 fully saturated rings. The summed E-state index contributed by atoms with van der Waals surface area (Å²) >= 11 is 0. The van der Waals surface area contributed by atoms with Crippen LogP contribution < -0.4 is 5.32 Å². The number of hydrogen-bond donors (Lipinski definition) is 1. The minimum Gasteiger partial charge on any atom is -0.316 e. The maximum Gasteiger partial charge on any atom is 0.0107 e. The molecule has 0 bridgehead atoms. The molecule has 0 aromatic rings. The second-order valence-corrected chi connectivity index (χ2v) is 1.93. The van der Waals surface area contributed by atoms with Crippen molar-refractivity contribution in [1.29, 1.82) is 0 Å². The van der Waals surface area contributed by atoms with E-state index >= 15 is 0 Å². The third-order valence-electron chi connectivity index (χ3n) is 0.920. The van der Waals surface area contributed by atoms with Gasteiger partial charge in [-0.2, -0.15) is 0 Å². The molecular formula is C6H15N2. The number of rotatable bonds is 4. The van der Waals surface area contributed by atoms with E-state index in [2.05, 4.69) is 19.3 Å². The van der Waals surface area contributed by atoms with Crippen molar-refractivity contribution in [1.82, 2.24) is 10.2 Å². The quantitative estimate of drug-likeness (QED) is 0.531. The monoisotopic (exact) mass is 115 g/mol. The molecule has 8 heavy (non-hydrogen) atoms. The Morgan fingerprint density at radius 2 is 2.25 bits per heavy atom. The van der Waals surface area contributed by atoms with Crippen LogP contribution in [0.5, 0.6) is 0 Å². The van der Waals surface area contributed by atoms with Crippen molar-refractivity contribution in [3.63, 3.8) is 0 Å².